The third-order valence-corrected chi connectivity index (χ3v) is 2.57. The van der Waals surface area contributed by atoms with Gasteiger partial charge in [-0.1, -0.05) is 12.5 Å². The van der Waals surface area contributed by atoms with Crippen LogP contribution in [-0.2, 0) is 0 Å². The first-order valence-corrected chi connectivity index (χ1v) is 3.87. The summed E-state index contributed by atoms with van der Waals surface area (Å²) in [7, 11) is 0. The average molecular weight is 123 g/mol. The molecular weight excluding hydrogens is 110 g/mol. The molecule has 50 valence electrons. The van der Waals surface area contributed by atoms with E-state index in [-0.39, 0.29) is 0 Å². The van der Waals surface area contributed by atoms with E-state index in [2.05, 4.69) is 17.6 Å². The summed E-state index contributed by atoms with van der Waals surface area (Å²) in [5, 5.41) is 3.24. The Labute approximate surface area is 56.1 Å². The molecule has 0 saturated heterocycles. The minimum atomic E-state index is 0.874. The fourth-order valence-corrected chi connectivity index (χ4v) is 1.66. The molecule has 2 rings (SSSR count). The molecule has 1 unspecified atom stereocenters. The predicted octanol–water partition coefficient (Wildman–Crippen LogP) is 1.52. The Hall–Kier alpha value is -0.460. The average Bonchev–Trinajstić information content (AvgIpc) is 2.11. The van der Waals surface area contributed by atoms with Gasteiger partial charge in [-0.2, -0.15) is 0 Å². The van der Waals surface area contributed by atoms with Crippen molar-refractivity contribution < 1.29 is 0 Å². The van der Waals surface area contributed by atoms with E-state index in [0.717, 1.165) is 11.8 Å². The summed E-state index contributed by atoms with van der Waals surface area (Å²) >= 11 is 0. The molecule has 0 spiro atoms. The Morgan fingerprint density at radius 3 is 2.67 bits per heavy atom. The van der Waals surface area contributed by atoms with Gasteiger partial charge in [-0.15, -0.1) is 0 Å². The summed E-state index contributed by atoms with van der Waals surface area (Å²) in [6, 6.07) is 0. The van der Waals surface area contributed by atoms with E-state index >= 15 is 0 Å². The molecule has 0 radical (unpaired) electrons. The second kappa shape index (κ2) is 2.05. The number of nitrogens with one attached hydrogen (secondary N) is 1. The van der Waals surface area contributed by atoms with Crippen LogP contribution >= 0.6 is 0 Å². The first-order chi connectivity index (χ1) is 4.47. The van der Waals surface area contributed by atoms with Gasteiger partial charge < -0.3 is 5.32 Å². The van der Waals surface area contributed by atoms with E-state index < -0.39 is 0 Å². The molecule has 2 aliphatic rings. The van der Waals surface area contributed by atoms with Gasteiger partial charge in [0.1, 0.15) is 0 Å². The first kappa shape index (κ1) is 5.33. The summed E-state index contributed by atoms with van der Waals surface area (Å²) in [4.78, 5) is 0. The van der Waals surface area contributed by atoms with E-state index in [0.29, 0.717) is 0 Å². The zero-order chi connectivity index (χ0) is 6.10. The molecule has 1 N–H and O–H groups in total. The molecule has 1 aliphatic carbocycles. The second-order valence-corrected chi connectivity index (χ2v) is 3.12. The van der Waals surface area contributed by atoms with Gasteiger partial charge in [-0.05, 0) is 30.9 Å². The fourth-order valence-electron chi connectivity index (χ4n) is 1.66. The normalized spacial score (nSPS) is 34.0. The highest BCUT2D eigenvalue weighted by molar-refractivity contribution is 5.00. The minimum Gasteiger partial charge on any atom is -0.391 e. The van der Waals surface area contributed by atoms with Gasteiger partial charge in [-0.3, -0.25) is 0 Å². The van der Waals surface area contributed by atoms with Crippen molar-refractivity contribution in [2.45, 2.75) is 19.3 Å². The van der Waals surface area contributed by atoms with Gasteiger partial charge >= 0.3 is 0 Å². The summed E-state index contributed by atoms with van der Waals surface area (Å²) in [6.07, 6.45) is 8.83. The van der Waals surface area contributed by atoms with Crippen LogP contribution in [-0.4, -0.2) is 6.54 Å². The van der Waals surface area contributed by atoms with Crippen LogP contribution in [0.15, 0.2) is 12.3 Å². The van der Waals surface area contributed by atoms with Crippen molar-refractivity contribution in [3.63, 3.8) is 0 Å². The van der Waals surface area contributed by atoms with Crippen LogP contribution in [0.5, 0.6) is 0 Å². The Balaban J connectivity index is 1.89. The zero-order valence-corrected chi connectivity index (χ0v) is 5.64. The molecule has 0 amide bonds. The van der Waals surface area contributed by atoms with Crippen LogP contribution in [0, 0.1) is 11.8 Å². The van der Waals surface area contributed by atoms with E-state index in [9.17, 15) is 0 Å². The van der Waals surface area contributed by atoms with Crippen LogP contribution in [0.3, 0.4) is 0 Å². The maximum Gasteiger partial charge on any atom is 0.0207 e. The van der Waals surface area contributed by atoms with Crippen LogP contribution in [0.2, 0.25) is 0 Å². The lowest BCUT2D eigenvalue weighted by Crippen LogP contribution is -2.24. The second-order valence-electron chi connectivity index (χ2n) is 3.12. The highest BCUT2D eigenvalue weighted by Crippen LogP contribution is 2.34. The van der Waals surface area contributed by atoms with Crippen molar-refractivity contribution in [3.05, 3.63) is 12.3 Å². The maximum absolute atomic E-state index is 3.24. The first-order valence-electron chi connectivity index (χ1n) is 3.87. The van der Waals surface area contributed by atoms with E-state index in [1.165, 1.54) is 25.8 Å². The van der Waals surface area contributed by atoms with Crippen molar-refractivity contribution in [2.24, 2.45) is 11.8 Å². The Morgan fingerprint density at radius 2 is 2.22 bits per heavy atom. The topological polar surface area (TPSA) is 12.0 Å². The van der Waals surface area contributed by atoms with Gasteiger partial charge in [0.05, 0.1) is 0 Å². The standard InChI is InChI=1S/C8H13N/c1-2-7(3-1)8-4-5-9-6-8/h4-5,7-9H,1-3,6H2. The van der Waals surface area contributed by atoms with E-state index in [1.54, 1.807) is 0 Å². The lowest BCUT2D eigenvalue weighted by atomic mass is 9.76. The van der Waals surface area contributed by atoms with E-state index in [4.69, 9.17) is 0 Å². The lowest BCUT2D eigenvalue weighted by Gasteiger charge is -2.29. The van der Waals surface area contributed by atoms with Crippen molar-refractivity contribution >= 4 is 0 Å². The molecule has 1 fully saturated rings. The van der Waals surface area contributed by atoms with Gasteiger partial charge in [0, 0.05) is 6.54 Å². The fraction of sp³-hybridized carbons (Fsp3) is 0.750. The molecule has 0 aromatic rings. The maximum atomic E-state index is 3.24. The molecule has 0 bridgehead atoms. The van der Waals surface area contributed by atoms with Gasteiger partial charge in [0.25, 0.3) is 0 Å². The molecule has 1 atom stereocenters. The predicted molar refractivity (Wildman–Crippen MR) is 38.0 cm³/mol. The van der Waals surface area contributed by atoms with Crippen molar-refractivity contribution in [2.75, 3.05) is 6.54 Å². The van der Waals surface area contributed by atoms with Crippen molar-refractivity contribution in [1.82, 2.24) is 5.32 Å². The van der Waals surface area contributed by atoms with Gasteiger partial charge in [0.2, 0.25) is 0 Å². The molecule has 1 saturated carbocycles. The summed E-state index contributed by atoms with van der Waals surface area (Å²) in [5.41, 5.74) is 0. The smallest absolute Gasteiger partial charge is 0.0207 e. The lowest BCUT2D eigenvalue weighted by molar-refractivity contribution is 0.248. The van der Waals surface area contributed by atoms with Crippen LogP contribution in [0.25, 0.3) is 0 Å². The largest absolute Gasteiger partial charge is 0.391 e. The summed E-state index contributed by atoms with van der Waals surface area (Å²) < 4.78 is 0. The van der Waals surface area contributed by atoms with Crippen LogP contribution in [0.4, 0.5) is 0 Å². The third kappa shape index (κ3) is 0.846. The highest BCUT2D eigenvalue weighted by Gasteiger charge is 2.26. The SMILES string of the molecule is C1=CC(C2CCC2)CN1. The minimum absolute atomic E-state index is 0.874. The number of hydrogen-bond acceptors (Lipinski definition) is 1. The molecule has 1 heterocycles. The third-order valence-electron chi connectivity index (χ3n) is 2.57. The Bertz CT molecular complexity index is 125. The summed E-state index contributed by atoms with van der Waals surface area (Å²) in [6.45, 7) is 1.20. The molecule has 0 aromatic carbocycles. The van der Waals surface area contributed by atoms with Crippen LogP contribution < -0.4 is 5.32 Å². The zero-order valence-electron chi connectivity index (χ0n) is 5.64. The van der Waals surface area contributed by atoms with E-state index in [1.807, 2.05) is 0 Å². The number of rotatable bonds is 1. The molecule has 0 aromatic heterocycles. The monoisotopic (exact) mass is 123 g/mol. The molecular formula is C8H13N. The highest BCUT2D eigenvalue weighted by atomic mass is 14.9. The molecule has 1 aliphatic heterocycles. The summed E-state index contributed by atoms with van der Waals surface area (Å²) in [5.74, 6) is 1.90. The molecule has 1 heteroatoms. The molecule has 1 nitrogen and oxygen atoms in total. The van der Waals surface area contributed by atoms with Gasteiger partial charge in [-0.25, -0.2) is 0 Å². The van der Waals surface area contributed by atoms with Gasteiger partial charge in [0.15, 0.2) is 0 Å². The van der Waals surface area contributed by atoms with Crippen molar-refractivity contribution in [3.8, 4) is 0 Å². The van der Waals surface area contributed by atoms with Crippen LogP contribution in [0.1, 0.15) is 19.3 Å². The quantitative estimate of drug-likeness (QED) is 0.557. The Morgan fingerprint density at radius 1 is 1.33 bits per heavy atom. The molecule has 9 heavy (non-hydrogen) atoms. The van der Waals surface area contributed by atoms with Crippen molar-refractivity contribution in [1.29, 1.82) is 0 Å². The Kier molecular flexibility index (Phi) is 1.22. The number of hydrogen-bond donors (Lipinski definition) is 1.